The molecule has 19 heavy (non-hydrogen) atoms. The molecule has 0 spiro atoms. The Morgan fingerprint density at radius 2 is 1.95 bits per heavy atom. The summed E-state index contributed by atoms with van der Waals surface area (Å²) in [6, 6.07) is 12.3. The number of primary amides is 1. The second kappa shape index (κ2) is 5.74. The maximum absolute atomic E-state index is 11.4. The number of aromatic nitrogens is 1. The van der Waals surface area contributed by atoms with Crippen molar-refractivity contribution in [2.45, 2.75) is 33.2 Å². The molecule has 2 N–H and O–H groups in total. The maximum atomic E-state index is 11.4. The van der Waals surface area contributed by atoms with Crippen LogP contribution >= 0.6 is 0 Å². The molecular weight excluding hydrogens is 236 g/mol. The molecule has 1 heterocycles. The Hall–Kier alpha value is -2.03. The molecule has 0 saturated carbocycles. The molecule has 2 aromatic rings. The zero-order valence-corrected chi connectivity index (χ0v) is 11.5. The summed E-state index contributed by atoms with van der Waals surface area (Å²) in [5.74, 6) is -0.342. The third-order valence-electron chi connectivity index (χ3n) is 3.55. The van der Waals surface area contributed by atoms with Crippen LogP contribution in [0.25, 0.3) is 0 Å². The quantitative estimate of drug-likeness (QED) is 0.878. The second-order valence-corrected chi connectivity index (χ2v) is 4.74. The van der Waals surface area contributed by atoms with Gasteiger partial charge in [0.1, 0.15) is 0 Å². The number of hydrogen-bond donors (Lipinski definition) is 1. The number of carbonyl (C=O) groups excluding carboxylic acids is 1. The molecule has 1 amide bonds. The van der Waals surface area contributed by atoms with Crippen molar-refractivity contribution in [3.8, 4) is 0 Å². The Morgan fingerprint density at radius 1 is 1.26 bits per heavy atom. The van der Waals surface area contributed by atoms with Gasteiger partial charge in [0.25, 0.3) is 5.91 Å². The number of rotatable bonds is 5. The molecule has 1 aromatic heterocycles. The molecule has 0 saturated heterocycles. The van der Waals surface area contributed by atoms with Gasteiger partial charge in [-0.25, -0.2) is 0 Å². The van der Waals surface area contributed by atoms with Gasteiger partial charge >= 0.3 is 0 Å². The first kappa shape index (κ1) is 13.4. The van der Waals surface area contributed by atoms with E-state index in [1.807, 2.05) is 31.2 Å². The van der Waals surface area contributed by atoms with Gasteiger partial charge in [-0.05, 0) is 31.4 Å². The van der Waals surface area contributed by atoms with Gasteiger partial charge in [0, 0.05) is 17.9 Å². The van der Waals surface area contributed by atoms with E-state index in [1.165, 1.54) is 11.3 Å². The zero-order chi connectivity index (χ0) is 13.8. The lowest BCUT2D eigenvalue weighted by Crippen LogP contribution is -2.13. The minimum atomic E-state index is -0.342. The smallest absolute Gasteiger partial charge is 0.250 e. The fourth-order valence-electron chi connectivity index (χ4n) is 2.45. The van der Waals surface area contributed by atoms with E-state index in [0.717, 1.165) is 25.1 Å². The fourth-order valence-corrected chi connectivity index (χ4v) is 2.45. The van der Waals surface area contributed by atoms with Crippen LogP contribution < -0.4 is 5.73 Å². The molecule has 0 aliphatic carbocycles. The highest BCUT2D eigenvalue weighted by atomic mass is 16.1. The van der Waals surface area contributed by atoms with Crippen LogP contribution in [0.2, 0.25) is 0 Å². The molecule has 3 heteroatoms. The summed E-state index contributed by atoms with van der Waals surface area (Å²) in [6.45, 7) is 4.94. The summed E-state index contributed by atoms with van der Waals surface area (Å²) in [4.78, 5) is 11.4. The summed E-state index contributed by atoms with van der Waals surface area (Å²) >= 11 is 0. The standard InChI is InChI=1S/C16H20N2O/c1-3-14-11-15(16(17)19)12(2)18(14)10-9-13-7-5-4-6-8-13/h4-8,11H,3,9-10H2,1-2H3,(H2,17,19). The van der Waals surface area contributed by atoms with Crippen molar-refractivity contribution in [3.05, 3.63) is 58.9 Å². The molecule has 0 atom stereocenters. The van der Waals surface area contributed by atoms with Crippen molar-refractivity contribution < 1.29 is 4.79 Å². The van der Waals surface area contributed by atoms with Gasteiger partial charge in [-0.3, -0.25) is 4.79 Å². The van der Waals surface area contributed by atoms with E-state index < -0.39 is 0 Å². The van der Waals surface area contributed by atoms with Gasteiger partial charge < -0.3 is 10.3 Å². The summed E-state index contributed by atoms with van der Waals surface area (Å²) in [6.07, 6.45) is 1.87. The Kier molecular flexibility index (Phi) is 4.05. The van der Waals surface area contributed by atoms with Crippen molar-refractivity contribution in [2.75, 3.05) is 0 Å². The van der Waals surface area contributed by atoms with Gasteiger partial charge in [-0.2, -0.15) is 0 Å². The van der Waals surface area contributed by atoms with Crippen LogP contribution in [-0.2, 0) is 19.4 Å². The lowest BCUT2D eigenvalue weighted by atomic mass is 10.1. The average Bonchev–Trinajstić information content (AvgIpc) is 2.74. The van der Waals surface area contributed by atoms with Crippen LogP contribution in [0, 0.1) is 6.92 Å². The van der Waals surface area contributed by atoms with E-state index in [9.17, 15) is 4.79 Å². The summed E-state index contributed by atoms with van der Waals surface area (Å²) in [7, 11) is 0. The molecule has 3 nitrogen and oxygen atoms in total. The maximum Gasteiger partial charge on any atom is 0.250 e. The third kappa shape index (κ3) is 2.87. The lowest BCUT2D eigenvalue weighted by Gasteiger charge is -2.11. The first-order valence-corrected chi connectivity index (χ1v) is 6.66. The summed E-state index contributed by atoms with van der Waals surface area (Å²) in [5.41, 5.74) is 9.50. The highest BCUT2D eigenvalue weighted by molar-refractivity contribution is 5.94. The Balaban J connectivity index is 2.22. The van der Waals surface area contributed by atoms with Crippen LogP contribution in [0.1, 0.15) is 34.2 Å². The van der Waals surface area contributed by atoms with Crippen LogP contribution in [0.15, 0.2) is 36.4 Å². The number of nitrogens with zero attached hydrogens (tertiary/aromatic N) is 1. The molecule has 2 rings (SSSR count). The average molecular weight is 256 g/mol. The minimum absolute atomic E-state index is 0.342. The van der Waals surface area contributed by atoms with Crippen LogP contribution in [0.5, 0.6) is 0 Å². The Morgan fingerprint density at radius 3 is 2.53 bits per heavy atom. The molecule has 0 aliphatic heterocycles. The first-order chi connectivity index (χ1) is 9.13. The van der Waals surface area contributed by atoms with Crippen molar-refractivity contribution in [1.29, 1.82) is 0 Å². The first-order valence-electron chi connectivity index (χ1n) is 6.66. The summed E-state index contributed by atoms with van der Waals surface area (Å²) in [5, 5.41) is 0. The van der Waals surface area contributed by atoms with Gasteiger partial charge in [0.15, 0.2) is 0 Å². The van der Waals surface area contributed by atoms with Crippen molar-refractivity contribution in [1.82, 2.24) is 4.57 Å². The van der Waals surface area contributed by atoms with E-state index in [4.69, 9.17) is 5.73 Å². The minimum Gasteiger partial charge on any atom is -0.366 e. The van der Waals surface area contributed by atoms with Gasteiger partial charge in [-0.1, -0.05) is 37.3 Å². The Labute approximate surface area is 114 Å². The molecule has 0 unspecified atom stereocenters. The molecule has 0 radical (unpaired) electrons. The van der Waals surface area contributed by atoms with E-state index >= 15 is 0 Å². The summed E-state index contributed by atoms with van der Waals surface area (Å²) < 4.78 is 2.20. The van der Waals surface area contributed by atoms with Crippen LogP contribution in [0.3, 0.4) is 0 Å². The SMILES string of the molecule is CCc1cc(C(N)=O)c(C)n1CCc1ccccc1. The predicted octanol–water partition coefficient (Wildman–Crippen LogP) is 2.70. The second-order valence-electron chi connectivity index (χ2n) is 4.74. The largest absolute Gasteiger partial charge is 0.366 e. The molecule has 0 bridgehead atoms. The third-order valence-corrected chi connectivity index (χ3v) is 3.55. The predicted molar refractivity (Wildman–Crippen MR) is 77.2 cm³/mol. The highest BCUT2D eigenvalue weighted by Crippen LogP contribution is 2.17. The molecular formula is C16H20N2O. The van der Waals surface area contributed by atoms with E-state index in [-0.39, 0.29) is 5.91 Å². The van der Waals surface area contributed by atoms with Gasteiger partial charge in [0.2, 0.25) is 0 Å². The van der Waals surface area contributed by atoms with E-state index in [2.05, 4.69) is 23.6 Å². The zero-order valence-electron chi connectivity index (χ0n) is 11.5. The van der Waals surface area contributed by atoms with Crippen molar-refractivity contribution >= 4 is 5.91 Å². The number of hydrogen-bond acceptors (Lipinski definition) is 1. The van der Waals surface area contributed by atoms with Crippen LogP contribution in [-0.4, -0.2) is 10.5 Å². The highest BCUT2D eigenvalue weighted by Gasteiger charge is 2.14. The lowest BCUT2D eigenvalue weighted by molar-refractivity contribution is 0.0999. The molecule has 100 valence electrons. The molecule has 1 aromatic carbocycles. The molecule has 0 aliphatic rings. The normalized spacial score (nSPS) is 10.6. The van der Waals surface area contributed by atoms with Gasteiger partial charge in [-0.15, -0.1) is 0 Å². The number of nitrogens with two attached hydrogens (primary N) is 1. The fraction of sp³-hybridized carbons (Fsp3) is 0.312. The van der Waals surface area contributed by atoms with E-state index in [0.29, 0.717) is 5.56 Å². The number of amides is 1. The monoisotopic (exact) mass is 256 g/mol. The van der Waals surface area contributed by atoms with Gasteiger partial charge in [0.05, 0.1) is 5.56 Å². The number of benzene rings is 1. The van der Waals surface area contributed by atoms with Crippen molar-refractivity contribution in [2.24, 2.45) is 5.73 Å². The Bertz CT molecular complexity index is 570. The number of aryl methyl sites for hydroxylation is 2. The topological polar surface area (TPSA) is 48.0 Å². The van der Waals surface area contributed by atoms with E-state index in [1.54, 1.807) is 0 Å². The van der Waals surface area contributed by atoms with Crippen molar-refractivity contribution in [3.63, 3.8) is 0 Å². The van der Waals surface area contributed by atoms with Crippen LogP contribution in [0.4, 0.5) is 0 Å². The molecule has 0 fully saturated rings. The number of carbonyl (C=O) groups is 1.